The van der Waals surface area contributed by atoms with Crippen molar-refractivity contribution in [2.75, 3.05) is 19.7 Å². The molecule has 0 radical (unpaired) electrons. The number of likely N-dealkylation sites (tertiary alicyclic amines) is 1. The van der Waals surface area contributed by atoms with Gasteiger partial charge in [0.2, 0.25) is 0 Å². The van der Waals surface area contributed by atoms with Gasteiger partial charge in [-0.25, -0.2) is 9.67 Å². The number of pyridine rings is 1. The molecule has 10 nitrogen and oxygen atoms in total. The van der Waals surface area contributed by atoms with E-state index in [-0.39, 0.29) is 23.9 Å². The van der Waals surface area contributed by atoms with Crippen molar-refractivity contribution in [2.24, 2.45) is 0 Å². The van der Waals surface area contributed by atoms with E-state index < -0.39 is 12.2 Å². The SMILES string of the molecule is Cc1cccnc1C(C)(O)COc1cc(-c2nnn(C3CCN(C#N)CC3)c2C)cc2ncn(C(F)F)c12. The number of rotatable bonds is 7. The molecule has 0 spiro atoms. The summed E-state index contributed by atoms with van der Waals surface area (Å²) >= 11 is 0. The Morgan fingerprint density at radius 2 is 2.00 bits per heavy atom. The number of ether oxygens (including phenoxy) is 1. The van der Waals surface area contributed by atoms with Crippen LogP contribution in [0.15, 0.2) is 36.8 Å². The van der Waals surface area contributed by atoms with Crippen LogP contribution in [0.3, 0.4) is 0 Å². The van der Waals surface area contributed by atoms with Gasteiger partial charge in [-0.3, -0.25) is 9.55 Å². The molecule has 3 aromatic heterocycles. The van der Waals surface area contributed by atoms with Crippen LogP contribution in [-0.2, 0) is 5.60 Å². The van der Waals surface area contributed by atoms with Gasteiger partial charge in [0.1, 0.15) is 35.5 Å². The van der Waals surface area contributed by atoms with Crippen LogP contribution in [0, 0.1) is 25.3 Å². The predicted octanol–water partition coefficient (Wildman–Crippen LogP) is 4.11. The number of imidazole rings is 1. The van der Waals surface area contributed by atoms with Crippen LogP contribution in [0.5, 0.6) is 5.75 Å². The number of halogens is 2. The number of hydrogen-bond donors (Lipinski definition) is 1. The second-order valence-electron chi connectivity index (χ2n) is 9.79. The van der Waals surface area contributed by atoms with Crippen molar-refractivity contribution < 1.29 is 18.6 Å². The summed E-state index contributed by atoms with van der Waals surface area (Å²) in [5.74, 6) is 0.139. The minimum absolute atomic E-state index is 0.107. The first-order chi connectivity index (χ1) is 18.2. The summed E-state index contributed by atoms with van der Waals surface area (Å²) in [6, 6.07) is 7.02. The molecule has 1 aliphatic heterocycles. The molecule has 1 atom stereocenters. The molecule has 1 N–H and O–H groups in total. The van der Waals surface area contributed by atoms with Gasteiger partial charge in [0.25, 0.3) is 0 Å². The zero-order chi connectivity index (χ0) is 27.0. The molecular weight excluding hydrogens is 494 g/mol. The van der Waals surface area contributed by atoms with Crippen LogP contribution in [0.2, 0.25) is 0 Å². The van der Waals surface area contributed by atoms with Crippen molar-refractivity contribution in [3.05, 3.63) is 53.7 Å². The topological polar surface area (TPSA) is 118 Å². The Labute approximate surface area is 218 Å². The third-order valence-electron chi connectivity index (χ3n) is 7.03. The minimum Gasteiger partial charge on any atom is -0.488 e. The number of fused-ring (bicyclic) bond motifs is 1. The summed E-state index contributed by atoms with van der Waals surface area (Å²) in [6.07, 6.45) is 6.37. The third-order valence-corrected chi connectivity index (χ3v) is 7.03. The molecule has 1 saturated heterocycles. The standard InChI is InChI=1S/C26H28F2N8O2/c1-16-5-4-8-30-24(16)26(3,37)13-38-21-12-18(11-20-23(21)35(15-31-20)25(27)28)22-17(2)36(33-32-22)19-6-9-34(14-29)10-7-19/h4-5,8,11-12,15,19,25,37H,6-7,9-10,13H2,1-3H3. The molecule has 198 valence electrons. The summed E-state index contributed by atoms with van der Waals surface area (Å²) in [4.78, 5) is 10.2. The highest BCUT2D eigenvalue weighted by Gasteiger charge is 2.29. The molecule has 0 aliphatic carbocycles. The summed E-state index contributed by atoms with van der Waals surface area (Å²) in [6.45, 7) is 3.57. The molecule has 4 heterocycles. The number of aromatic nitrogens is 6. The first kappa shape index (κ1) is 25.5. The van der Waals surface area contributed by atoms with E-state index in [1.807, 2.05) is 24.6 Å². The number of aryl methyl sites for hydroxylation is 1. The molecule has 0 amide bonds. The number of nitriles is 1. The zero-order valence-electron chi connectivity index (χ0n) is 21.3. The molecular formula is C26H28F2N8O2. The molecule has 38 heavy (non-hydrogen) atoms. The number of aliphatic hydroxyl groups is 1. The Morgan fingerprint density at radius 3 is 2.68 bits per heavy atom. The molecule has 1 unspecified atom stereocenters. The van der Waals surface area contributed by atoms with Crippen LogP contribution < -0.4 is 4.74 Å². The van der Waals surface area contributed by atoms with E-state index in [0.717, 1.165) is 35.0 Å². The van der Waals surface area contributed by atoms with Crippen molar-refractivity contribution in [2.45, 2.75) is 51.8 Å². The van der Waals surface area contributed by atoms with Gasteiger partial charge in [-0.2, -0.15) is 14.0 Å². The van der Waals surface area contributed by atoms with Gasteiger partial charge in [0, 0.05) is 24.8 Å². The lowest BCUT2D eigenvalue weighted by atomic mass is 9.99. The van der Waals surface area contributed by atoms with E-state index >= 15 is 0 Å². The molecule has 1 aromatic carbocycles. The average molecular weight is 523 g/mol. The van der Waals surface area contributed by atoms with Crippen molar-refractivity contribution in [1.29, 1.82) is 5.26 Å². The number of hydrogen-bond acceptors (Lipinski definition) is 8. The molecule has 0 saturated carbocycles. The van der Waals surface area contributed by atoms with E-state index in [1.165, 1.54) is 0 Å². The zero-order valence-corrected chi connectivity index (χ0v) is 21.3. The molecule has 0 bridgehead atoms. The van der Waals surface area contributed by atoms with Gasteiger partial charge in [0.15, 0.2) is 6.19 Å². The largest absolute Gasteiger partial charge is 0.488 e. The summed E-state index contributed by atoms with van der Waals surface area (Å²) in [5, 5.41) is 29.0. The normalized spacial score (nSPS) is 16.1. The average Bonchev–Trinajstić information content (AvgIpc) is 3.51. The lowest BCUT2D eigenvalue weighted by Crippen LogP contribution is -2.31. The number of nitrogens with zero attached hydrogens (tertiary/aromatic N) is 8. The van der Waals surface area contributed by atoms with Gasteiger partial charge in [-0.15, -0.1) is 5.10 Å². The summed E-state index contributed by atoms with van der Waals surface area (Å²) in [5.41, 5.74) is 2.18. The van der Waals surface area contributed by atoms with Crippen LogP contribution in [0.25, 0.3) is 22.3 Å². The van der Waals surface area contributed by atoms with Gasteiger partial charge >= 0.3 is 6.55 Å². The first-order valence-electron chi connectivity index (χ1n) is 12.3. The van der Waals surface area contributed by atoms with Crippen molar-refractivity contribution in [1.82, 2.24) is 34.4 Å². The van der Waals surface area contributed by atoms with E-state index in [1.54, 1.807) is 36.2 Å². The quantitative estimate of drug-likeness (QED) is 0.361. The fourth-order valence-corrected chi connectivity index (χ4v) is 5.03. The Hall–Kier alpha value is -4.11. The Morgan fingerprint density at radius 1 is 1.24 bits per heavy atom. The number of benzene rings is 1. The molecule has 1 fully saturated rings. The van der Waals surface area contributed by atoms with Crippen molar-refractivity contribution in [3.8, 4) is 23.2 Å². The lowest BCUT2D eigenvalue weighted by Gasteiger charge is -2.28. The van der Waals surface area contributed by atoms with E-state index in [2.05, 4.69) is 26.5 Å². The number of piperidine rings is 1. The van der Waals surface area contributed by atoms with Crippen molar-refractivity contribution >= 4 is 11.0 Å². The second kappa shape index (κ2) is 9.98. The molecule has 4 aromatic rings. The highest BCUT2D eigenvalue weighted by atomic mass is 19.3. The van der Waals surface area contributed by atoms with E-state index in [4.69, 9.17) is 10.00 Å². The Balaban J connectivity index is 1.50. The highest BCUT2D eigenvalue weighted by molar-refractivity contribution is 5.87. The number of alkyl halides is 2. The minimum atomic E-state index is -2.83. The molecule has 1 aliphatic rings. The summed E-state index contributed by atoms with van der Waals surface area (Å²) in [7, 11) is 0. The van der Waals surface area contributed by atoms with Gasteiger partial charge < -0.3 is 14.7 Å². The summed E-state index contributed by atoms with van der Waals surface area (Å²) < 4.78 is 36.2. The van der Waals surface area contributed by atoms with Gasteiger partial charge in [-0.05, 0) is 57.4 Å². The van der Waals surface area contributed by atoms with Crippen LogP contribution in [0.4, 0.5) is 8.78 Å². The maximum absolute atomic E-state index is 13.8. The fraction of sp³-hybridized carbons (Fsp3) is 0.423. The fourth-order valence-electron chi connectivity index (χ4n) is 5.03. The second-order valence-corrected chi connectivity index (χ2v) is 9.79. The first-order valence-corrected chi connectivity index (χ1v) is 12.3. The maximum Gasteiger partial charge on any atom is 0.320 e. The van der Waals surface area contributed by atoms with Crippen LogP contribution in [0.1, 0.15) is 49.3 Å². The lowest BCUT2D eigenvalue weighted by molar-refractivity contribution is 0.00348. The van der Waals surface area contributed by atoms with Crippen LogP contribution in [-0.4, -0.2) is 59.2 Å². The smallest absolute Gasteiger partial charge is 0.320 e. The van der Waals surface area contributed by atoms with Gasteiger partial charge in [-0.1, -0.05) is 11.3 Å². The molecule has 12 heteroatoms. The molecule has 5 rings (SSSR count). The Kier molecular flexibility index (Phi) is 6.71. The van der Waals surface area contributed by atoms with Crippen molar-refractivity contribution in [3.63, 3.8) is 0 Å². The van der Waals surface area contributed by atoms with Crippen LogP contribution >= 0.6 is 0 Å². The van der Waals surface area contributed by atoms with E-state index in [9.17, 15) is 13.9 Å². The highest BCUT2D eigenvalue weighted by Crippen LogP contribution is 2.36. The van der Waals surface area contributed by atoms with Gasteiger partial charge in [0.05, 0.1) is 22.9 Å². The predicted molar refractivity (Wildman–Crippen MR) is 134 cm³/mol. The third kappa shape index (κ3) is 4.65. The maximum atomic E-state index is 13.8. The Bertz CT molecular complexity index is 1500. The monoisotopic (exact) mass is 522 g/mol. The van der Waals surface area contributed by atoms with E-state index in [0.29, 0.717) is 35.6 Å².